The summed E-state index contributed by atoms with van der Waals surface area (Å²) in [5.41, 5.74) is 3.64. The van der Waals surface area contributed by atoms with Crippen molar-refractivity contribution in [1.29, 1.82) is 0 Å². The first-order valence-electron chi connectivity index (χ1n) is 9.79. The van der Waals surface area contributed by atoms with E-state index in [2.05, 4.69) is 20.3 Å². The first-order chi connectivity index (χ1) is 15.5. The molecule has 2 aromatic heterocycles. The summed E-state index contributed by atoms with van der Waals surface area (Å²) in [6, 6.07) is 13.7. The number of aromatic nitrogens is 3. The van der Waals surface area contributed by atoms with E-state index >= 15 is 0 Å². The van der Waals surface area contributed by atoms with Gasteiger partial charge in [-0.05, 0) is 48.0 Å². The second-order valence-electron chi connectivity index (χ2n) is 7.01. The Morgan fingerprint density at radius 3 is 2.75 bits per heavy atom. The van der Waals surface area contributed by atoms with Crippen LogP contribution in [0.5, 0.6) is 11.6 Å². The van der Waals surface area contributed by atoms with Crippen molar-refractivity contribution in [3.8, 4) is 34.1 Å². The topological polar surface area (TPSA) is 137 Å². The molecule has 9 nitrogen and oxygen atoms in total. The molecule has 0 bridgehead atoms. The zero-order valence-corrected chi connectivity index (χ0v) is 17.1. The molecule has 9 heteroatoms. The smallest absolute Gasteiger partial charge is 0.305 e. The molecule has 0 radical (unpaired) electrons. The number of carbonyl (C=O) groups excluding carboxylic acids is 1. The number of fused-ring (bicyclic) bond motifs is 1. The summed E-state index contributed by atoms with van der Waals surface area (Å²) < 4.78 is 5.33. The summed E-state index contributed by atoms with van der Waals surface area (Å²) in [6.45, 7) is 0.0406. The first kappa shape index (κ1) is 20.9. The molecule has 4 N–H and O–H groups in total. The maximum atomic E-state index is 12.3. The van der Waals surface area contributed by atoms with Crippen LogP contribution >= 0.6 is 0 Å². The lowest BCUT2D eigenvalue weighted by molar-refractivity contribution is -0.136. The van der Waals surface area contributed by atoms with Crippen molar-refractivity contribution < 1.29 is 24.5 Å². The van der Waals surface area contributed by atoms with E-state index in [1.54, 1.807) is 55.8 Å². The molecular formula is C23H20N4O5. The number of hydrogen-bond donors (Lipinski definition) is 4. The van der Waals surface area contributed by atoms with Gasteiger partial charge in [0, 0.05) is 23.9 Å². The van der Waals surface area contributed by atoms with Crippen molar-refractivity contribution in [1.82, 2.24) is 20.3 Å². The molecule has 1 amide bonds. The lowest BCUT2D eigenvalue weighted by Crippen LogP contribution is -2.25. The number of H-pyrrole nitrogens is 1. The van der Waals surface area contributed by atoms with Gasteiger partial charge in [-0.3, -0.25) is 9.59 Å². The Morgan fingerprint density at radius 1 is 1.12 bits per heavy atom. The number of imidazole rings is 1. The number of carboxylic acid groups (broad SMARTS) is 1. The van der Waals surface area contributed by atoms with Gasteiger partial charge in [0.2, 0.25) is 5.88 Å². The van der Waals surface area contributed by atoms with Gasteiger partial charge in [0.1, 0.15) is 11.6 Å². The second kappa shape index (κ2) is 8.76. The standard InChI is InChI=1S/C23H20N4O5/c1-32-23-15(3-2-9-25-23)13-5-7-19(28)16(11-13)21-26-17-6-4-14(12-18(17)27-21)22(31)24-10-8-20(29)30/h2-7,9,11-12,28H,8,10H2,1H3,(H,24,31)(H,26,27)(H,29,30). The van der Waals surface area contributed by atoms with Crippen LogP contribution in [-0.4, -0.2) is 50.7 Å². The minimum absolute atomic E-state index is 0.0406. The fourth-order valence-corrected chi connectivity index (χ4v) is 3.33. The molecule has 2 aromatic carbocycles. The van der Waals surface area contributed by atoms with Crippen LogP contribution in [-0.2, 0) is 4.79 Å². The van der Waals surface area contributed by atoms with E-state index in [0.29, 0.717) is 33.9 Å². The monoisotopic (exact) mass is 432 g/mol. The van der Waals surface area contributed by atoms with E-state index in [1.165, 1.54) is 0 Å². The Kier molecular flexibility index (Phi) is 5.71. The number of methoxy groups -OCH3 is 1. The number of carboxylic acids is 1. The number of rotatable bonds is 7. The molecule has 0 aliphatic rings. The molecule has 4 rings (SSSR count). The van der Waals surface area contributed by atoms with Gasteiger partial charge in [-0.2, -0.15) is 0 Å². The number of aliphatic carboxylic acids is 1. The molecule has 0 unspecified atom stereocenters. The fraction of sp³-hybridized carbons (Fsp3) is 0.130. The van der Waals surface area contributed by atoms with E-state index in [0.717, 1.165) is 11.1 Å². The molecular weight excluding hydrogens is 412 g/mol. The fourth-order valence-electron chi connectivity index (χ4n) is 3.33. The highest BCUT2D eigenvalue weighted by Gasteiger charge is 2.15. The Balaban J connectivity index is 1.66. The predicted molar refractivity (Wildman–Crippen MR) is 118 cm³/mol. The highest BCUT2D eigenvalue weighted by atomic mass is 16.5. The molecule has 0 aliphatic heterocycles. The Morgan fingerprint density at radius 2 is 1.97 bits per heavy atom. The van der Waals surface area contributed by atoms with E-state index in [-0.39, 0.29) is 24.6 Å². The highest BCUT2D eigenvalue weighted by molar-refractivity contribution is 5.98. The van der Waals surface area contributed by atoms with Gasteiger partial charge in [0.25, 0.3) is 5.91 Å². The van der Waals surface area contributed by atoms with Crippen molar-refractivity contribution in [2.75, 3.05) is 13.7 Å². The molecule has 162 valence electrons. The van der Waals surface area contributed by atoms with Crippen LogP contribution in [0, 0.1) is 0 Å². The predicted octanol–water partition coefficient (Wildman–Crippen LogP) is 3.21. The Bertz CT molecular complexity index is 1310. The zero-order chi connectivity index (χ0) is 22.7. The van der Waals surface area contributed by atoms with Crippen molar-refractivity contribution in [3.05, 3.63) is 60.3 Å². The second-order valence-corrected chi connectivity index (χ2v) is 7.01. The largest absolute Gasteiger partial charge is 0.507 e. The van der Waals surface area contributed by atoms with Crippen LogP contribution in [0.3, 0.4) is 0 Å². The number of amides is 1. The molecule has 0 aliphatic carbocycles. The van der Waals surface area contributed by atoms with Crippen LogP contribution in [0.15, 0.2) is 54.7 Å². The summed E-state index contributed by atoms with van der Waals surface area (Å²) in [5.74, 6) is -0.414. The van der Waals surface area contributed by atoms with Gasteiger partial charge >= 0.3 is 5.97 Å². The number of nitrogens with one attached hydrogen (secondary N) is 2. The van der Waals surface area contributed by atoms with Crippen LogP contribution < -0.4 is 10.1 Å². The van der Waals surface area contributed by atoms with Gasteiger partial charge in [-0.25, -0.2) is 9.97 Å². The molecule has 2 heterocycles. The third-order valence-corrected chi connectivity index (χ3v) is 4.90. The number of hydrogen-bond acceptors (Lipinski definition) is 6. The molecule has 0 atom stereocenters. The molecule has 4 aromatic rings. The van der Waals surface area contributed by atoms with Crippen LogP contribution in [0.25, 0.3) is 33.5 Å². The van der Waals surface area contributed by atoms with Gasteiger partial charge in [-0.1, -0.05) is 6.07 Å². The quantitative estimate of drug-likeness (QED) is 0.352. The van der Waals surface area contributed by atoms with Gasteiger partial charge in [-0.15, -0.1) is 0 Å². The summed E-state index contributed by atoms with van der Waals surface area (Å²) >= 11 is 0. The number of aromatic hydroxyl groups is 1. The maximum absolute atomic E-state index is 12.3. The highest BCUT2D eigenvalue weighted by Crippen LogP contribution is 2.35. The van der Waals surface area contributed by atoms with Gasteiger partial charge in [0.05, 0.1) is 30.1 Å². The molecule has 32 heavy (non-hydrogen) atoms. The van der Waals surface area contributed by atoms with E-state index in [1.807, 2.05) is 6.07 Å². The lowest BCUT2D eigenvalue weighted by atomic mass is 10.0. The average Bonchev–Trinajstić information content (AvgIpc) is 3.22. The SMILES string of the molecule is COc1ncccc1-c1ccc(O)c(-c2nc3ccc(C(=O)NCCC(=O)O)cc3[nH]2)c1. The minimum Gasteiger partial charge on any atom is -0.507 e. The van der Waals surface area contributed by atoms with Crippen molar-refractivity contribution in [2.45, 2.75) is 6.42 Å². The van der Waals surface area contributed by atoms with Gasteiger partial charge < -0.3 is 25.3 Å². The number of aromatic amines is 1. The number of benzene rings is 2. The number of phenolic OH excluding ortho intramolecular Hbond substituents is 1. The van der Waals surface area contributed by atoms with Crippen LogP contribution in [0.4, 0.5) is 0 Å². The van der Waals surface area contributed by atoms with E-state index in [9.17, 15) is 14.7 Å². The Hall–Kier alpha value is -4.40. The summed E-state index contributed by atoms with van der Waals surface area (Å²) in [4.78, 5) is 34.8. The van der Waals surface area contributed by atoms with Crippen molar-refractivity contribution >= 4 is 22.9 Å². The van der Waals surface area contributed by atoms with Crippen LogP contribution in [0.2, 0.25) is 0 Å². The maximum Gasteiger partial charge on any atom is 0.305 e. The zero-order valence-electron chi connectivity index (χ0n) is 17.1. The Labute approximate surface area is 182 Å². The van der Waals surface area contributed by atoms with Crippen LogP contribution in [0.1, 0.15) is 16.8 Å². The normalized spacial score (nSPS) is 10.8. The van der Waals surface area contributed by atoms with E-state index < -0.39 is 5.97 Å². The number of phenols is 1. The lowest BCUT2D eigenvalue weighted by Gasteiger charge is -2.09. The van der Waals surface area contributed by atoms with Gasteiger partial charge in [0.15, 0.2) is 0 Å². The summed E-state index contributed by atoms with van der Waals surface area (Å²) in [7, 11) is 1.54. The molecule has 0 spiro atoms. The average molecular weight is 432 g/mol. The van der Waals surface area contributed by atoms with Crippen molar-refractivity contribution in [2.24, 2.45) is 0 Å². The third-order valence-electron chi connectivity index (χ3n) is 4.90. The summed E-state index contributed by atoms with van der Waals surface area (Å²) in [5, 5.41) is 21.7. The number of carbonyl (C=O) groups is 2. The number of nitrogens with zero attached hydrogens (tertiary/aromatic N) is 2. The molecule has 0 fully saturated rings. The van der Waals surface area contributed by atoms with E-state index in [4.69, 9.17) is 9.84 Å². The minimum atomic E-state index is -0.982. The molecule has 0 saturated carbocycles. The molecule has 0 saturated heterocycles. The first-order valence-corrected chi connectivity index (χ1v) is 9.79. The van der Waals surface area contributed by atoms with Crippen molar-refractivity contribution in [3.63, 3.8) is 0 Å². The summed E-state index contributed by atoms with van der Waals surface area (Å²) in [6.07, 6.45) is 1.48. The third kappa shape index (κ3) is 4.22. The number of pyridine rings is 1. The number of ether oxygens (including phenoxy) is 1.